The number of fused-ring (bicyclic) bond motifs is 1. The monoisotopic (exact) mass is 221 g/mol. The minimum atomic E-state index is 0.0281. The Hall–Kier alpha value is -1.28. The molecular formula is C12H12ClNO. The molecule has 15 heavy (non-hydrogen) atoms. The maximum atomic E-state index is 11.7. The van der Waals surface area contributed by atoms with Crippen LogP contribution in [0, 0.1) is 6.92 Å². The molecule has 0 saturated carbocycles. The molecule has 0 amide bonds. The molecule has 0 aliphatic rings. The van der Waals surface area contributed by atoms with E-state index in [1.165, 1.54) is 0 Å². The minimum absolute atomic E-state index is 0.0281. The molecule has 78 valence electrons. The Morgan fingerprint density at radius 1 is 1.40 bits per heavy atom. The van der Waals surface area contributed by atoms with Gasteiger partial charge in [-0.05, 0) is 31.5 Å². The van der Waals surface area contributed by atoms with Crippen molar-refractivity contribution < 1.29 is 0 Å². The molecule has 1 aromatic carbocycles. The van der Waals surface area contributed by atoms with Gasteiger partial charge < -0.3 is 4.57 Å². The van der Waals surface area contributed by atoms with Crippen LogP contribution >= 0.6 is 11.6 Å². The Morgan fingerprint density at radius 2 is 2.13 bits per heavy atom. The van der Waals surface area contributed by atoms with Crippen molar-refractivity contribution in [3.8, 4) is 0 Å². The quantitative estimate of drug-likeness (QED) is 0.726. The molecule has 0 atom stereocenters. The summed E-state index contributed by atoms with van der Waals surface area (Å²) < 4.78 is 2.06. The van der Waals surface area contributed by atoms with E-state index in [0.29, 0.717) is 10.4 Å². The lowest BCUT2D eigenvalue weighted by molar-refractivity contribution is 0.785. The van der Waals surface area contributed by atoms with Gasteiger partial charge in [0.2, 0.25) is 0 Å². The summed E-state index contributed by atoms with van der Waals surface area (Å²) in [5.41, 5.74) is 2.05. The van der Waals surface area contributed by atoms with E-state index in [1.807, 2.05) is 19.2 Å². The summed E-state index contributed by atoms with van der Waals surface area (Å²) in [4.78, 5) is 11.7. The molecule has 0 aliphatic heterocycles. The zero-order valence-corrected chi connectivity index (χ0v) is 9.51. The predicted octanol–water partition coefficient (Wildman–Crippen LogP) is 2.98. The van der Waals surface area contributed by atoms with Crippen LogP contribution in [0.25, 0.3) is 10.9 Å². The van der Waals surface area contributed by atoms with Crippen LogP contribution in [0.5, 0.6) is 0 Å². The van der Waals surface area contributed by atoms with Gasteiger partial charge >= 0.3 is 0 Å². The number of nitrogens with zero attached hydrogens (tertiary/aromatic N) is 1. The third kappa shape index (κ3) is 1.65. The highest BCUT2D eigenvalue weighted by atomic mass is 35.5. The average Bonchev–Trinajstić information content (AvgIpc) is 2.19. The second-order valence-electron chi connectivity index (χ2n) is 3.58. The maximum Gasteiger partial charge on any atom is 0.189 e. The van der Waals surface area contributed by atoms with Gasteiger partial charge in [0.1, 0.15) is 0 Å². The van der Waals surface area contributed by atoms with E-state index < -0.39 is 0 Å². The number of benzene rings is 1. The summed E-state index contributed by atoms with van der Waals surface area (Å²) in [6.45, 7) is 4.87. The number of rotatable bonds is 1. The molecule has 3 heteroatoms. The number of pyridine rings is 1. The smallest absolute Gasteiger partial charge is 0.189 e. The average molecular weight is 222 g/mol. The van der Waals surface area contributed by atoms with Crippen molar-refractivity contribution in [3.63, 3.8) is 0 Å². The molecule has 2 aromatic rings. The number of hydrogen-bond donors (Lipinski definition) is 0. The summed E-state index contributed by atoms with van der Waals surface area (Å²) in [6.07, 6.45) is 1.82. The molecule has 0 unspecified atom stereocenters. The van der Waals surface area contributed by atoms with E-state index in [0.717, 1.165) is 17.6 Å². The maximum absolute atomic E-state index is 11.7. The SMILES string of the molecule is CCn1ccc(=O)c2cc(Cl)cc(C)c21. The molecule has 0 N–H and O–H groups in total. The first kappa shape index (κ1) is 10.2. The van der Waals surface area contributed by atoms with Crippen LogP contribution < -0.4 is 5.43 Å². The van der Waals surface area contributed by atoms with Gasteiger partial charge in [-0.25, -0.2) is 0 Å². The lowest BCUT2D eigenvalue weighted by Crippen LogP contribution is -2.08. The third-order valence-electron chi connectivity index (χ3n) is 2.56. The van der Waals surface area contributed by atoms with Crippen LogP contribution in [0.4, 0.5) is 0 Å². The standard InChI is InChI=1S/C12H12ClNO/c1-3-14-5-4-11(15)10-7-9(13)6-8(2)12(10)14/h4-7H,3H2,1-2H3. The zero-order chi connectivity index (χ0) is 11.0. The van der Waals surface area contributed by atoms with E-state index in [9.17, 15) is 4.79 Å². The highest BCUT2D eigenvalue weighted by Gasteiger charge is 2.05. The summed E-state index contributed by atoms with van der Waals surface area (Å²) in [5.74, 6) is 0. The lowest BCUT2D eigenvalue weighted by atomic mass is 10.1. The highest BCUT2D eigenvalue weighted by molar-refractivity contribution is 6.31. The molecule has 1 heterocycles. The van der Waals surface area contributed by atoms with E-state index in [4.69, 9.17) is 11.6 Å². The van der Waals surface area contributed by atoms with Crippen LogP contribution in [0.15, 0.2) is 29.2 Å². The van der Waals surface area contributed by atoms with Crippen molar-refractivity contribution in [3.05, 3.63) is 45.2 Å². The molecule has 0 fully saturated rings. The number of hydrogen-bond acceptors (Lipinski definition) is 1. The van der Waals surface area contributed by atoms with Crippen molar-refractivity contribution >= 4 is 22.5 Å². The second-order valence-corrected chi connectivity index (χ2v) is 4.02. The van der Waals surface area contributed by atoms with Crippen molar-refractivity contribution in [2.45, 2.75) is 20.4 Å². The topological polar surface area (TPSA) is 22.0 Å². The van der Waals surface area contributed by atoms with Crippen LogP contribution in [-0.4, -0.2) is 4.57 Å². The van der Waals surface area contributed by atoms with Gasteiger partial charge in [-0.1, -0.05) is 11.6 Å². The summed E-state index contributed by atoms with van der Waals surface area (Å²) >= 11 is 5.94. The predicted molar refractivity (Wildman–Crippen MR) is 63.6 cm³/mol. The van der Waals surface area contributed by atoms with Crippen molar-refractivity contribution in [1.29, 1.82) is 0 Å². The van der Waals surface area contributed by atoms with Crippen molar-refractivity contribution in [2.24, 2.45) is 0 Å². The Balaban J connectivity index is 3.00. The molecule has 2 rings (SSSR count). The van der Waals surface area contributed by atoms with E-state index in [2.05, 4.69) is 11.5 Å². The van der Waals surface area contributed by atoms with Crippen LogP contribution in [-0.2, 0) is 6.54 Å². The molecule has 0 saturated heterocycles. The van der Waals surface area contributed by atoms with Gasteiger partial charge in [0.15, 0.2) is 5.43 Å². The first-order chi connectivity index (χ1) is 7.13. The summed E-state index contributed by atoms with van der Waals surface area (Å²) in [6, 6.07) is 5.20. The van der Waals surface area contributed by atoms with Gasteiger partial charge in [0.25, 0.3) is 0 Å². The van der Waals surface area contributed by atoms with E-state index >= 15 is 0 Å². The van der Waals surface area contributed by atoms with Gasteiger partial charge in [0.05, 0.1) is 5.52 Å². The number of aromatic nitrogens is 1. The fourth-order valence-corrected chi connectivity index (χ4v) is 2.16. The number of aryl methyl sites for hydroxylation is 2. The molecule has 0 radical (unpaired) electrons. The van der Waals surface area contributed by atoms with Crippen LogP contribution in [0.1, 0.15) is 12.5 Å². The van der Waals surface area contributed by atoms with Gasteiger partial charge in [0, 0.05) is 29.2 Å². The van der Waals surface area contributed by atoms with Gasteiger partial charge in [-0.3, -0.25) is 4.79 Å². The fourth-order valence-electron chi connectivity index (χ4n) is 1.89. The molecule has 0 aliphatic carbocycles. The molecule has 0 spiro atoms. The second kappa shape index (κ2) is 3.70. The van der Waals surface area contributed by atoms with Crippen LogP contribution in [0.2, 0.25) is 5.02 Å². The minimum Gasteiger partial charge on any atom is -0.347 e. The molecule has 1 aromatic heterocycles. The summed E-state index contributed by atoms with van der Waals surface area (Å²) in [5, 5.41) is 1.32. The molecule has 2 nitrogen and oxygen atoms in total. The first-order valence-electron chi connectivity index (χ1n) is 4.92. The first-order valence-corrected chi connectivity index (χ1v) is 5.30. The van der Waals surface area contributed by atoms with Crippen molar-refractivity contribution in [2.75, 3.05) is 0 Å². The normalized spacial score (nSPS) is 10.9. The number of halogens is 1. The largest absolute Gasteiger partial charge is 0.347 e. The third-order valence-corrected chi connectivity index (χ3v) is 2.78. The summed E-state index contributed by atoms with van der Waals surface area (Å²) in [7, 11) is 0. The van der Waals surface area contributed by atoms with Crippen LogP contribution in [0.3, 0.4) is 0 Å². The highest BCUT2D eigenvalue weighted by Crippen LogP contribution is 2.20. The lowest BCUT2D eigenvalue weighted by Gasteiger charge is -2.10. The zero-order valence-electron chi connectivity index (χ0n) is 8.75. The van der Waals surface area contributed by atoms with E-state index in [1.54, 1.807) is 12.1 Å². The van der Waals surface area contributed by atoms with Gasteiger partial charge in [-0.15, -0.1) is 0 Å². The van der Waals surface area contributed by atoms with Crippen molar-refractivity contribution in [1.82, 2.24) is 4.57 Å². The molecular weight excluding hydrogens is 210 g/mol. The molecule has 0 bridgehead atoms. The van der Waals surface area contributed by atoms with E-state index in [-0.39, 0.29) is 5.43 Å². The Bertz CT molecular complexity index is 572. The fraction of sp³-hybridized carbons (Fsp3) is 0.250. The Labute approximate surface area is 93.1 Å². The Morgan fingerprint density at radius 3 is 2.80 bits per heavy atom. The Kier molecular flexibility index (Phi) is 2.53. The van der Waals surface area contributed by atoms with Gasteiger partial charge in [-0.2, -0.15) is 0 Å².